The Morgan fingerprint density at radius 2 is 1.46 bits per heavy atom. The van der Waals surface area contributed by atoms with E-state index in [-0.39, 0.29) is 0 Å². The molecule has 2 atom stereocenters. The van der Waals surface area contributed by atoms with Crippen molar-refractivity contribution in [2.45, 2.75) is 59.3 Å². The second-order valence-corrected chi connectivity index (χ2v) is 4.44. The molecule has 0 saturated heterocycles. The molecule has 0 aliphatic rings. The van der Waals surface area contributed by atoms with Crippen molar-refractivity contribution in [2.75, 3.05) is 6.61 Å². The standard InChI is InChI=1S/C12H26O/c1-4-5-6-11(2)7-8-12(3)9-10-13/h11-13H,4-10H2,1-3H3. The van der Waals surface area contributed by atoms with Gasteiger partial charge in [-0.15, -0.1) is 0 Å². The molecule has 1 nitrogen and oxygen atoms in total. The van der Waals surface area contributed by atoms with Crippen LogP contribution in [0.4, 0.5) is 0 Å². The first-order valence-electron chi connectivity index (χ1n) is 5.81. The van der Waals surface area contributed by atoms with Crippen LogP contribution in [-0.4, -0.2) is 11.7 Å². The van der Waals surface area contributed by atoms with Crippen LogP contribution < -0.4 is 0 Å². The molecular formula is C12H26O. The summed E-state index contributed by atoms with van der Waals surface area (Å²) >= 11 is 0. The molecule has 0 bridgehead atoms. The van der Waals surface area contributed by atoms with E-state index in [1.54, 1.807) is 0 Å². The van der Waals surface area contributed by atoms with Crippen molar-refractivity contribution >= 4 is 0 Å². The van der Waals surface area contributed by atoms with Gasteiger partial charge in [0.25, 0.3) is 0 Å². The van der Waals surface area contributed by atoms with E-state index in [0.29, 0.717) is 12.5 Å². The number of hydrogen-bond donors (Lipinski definition) is 1. The highest BCUT2D eigenvalue weighted by Gasteiger charge is 2.05. The summed E-state index contributed by atoms with van der Waals surface area (Å²) in [6.45, 7) is 7.19. The van der Waals surface area contributed by atoms with Gasteiger partial charge < -0.3 is 5.11 Å². The van der Waals surface area contributed by atoms with E-state index in [1.165, 1.54) is 32.1 Å². The lowest BCUT2D eigenvalue weighted by atomic mass is 9.93. The molecule has 0 aromatic carbocycles. The normalized spacial score (nSPS) is 15.7. The van der Waals surface area contributed by atoms with Crippen LogP contribution in [0.3, 0.4) is 0 Å². The summed E-state index contributed by atoms with van der Waals surface area (Å²) in [5, 5.41) is 8.74. The van der Waals surface area contributed by atoms with Gasteiger partial charge in [-0.2, -0.15) is 0 Å². The fourth-order valence-electron chi connectivity index (χ4n) is 1.63. The summed E-state index contributed by atoms with van der Waals surface area (Å²) in [7, 11) is 0. The van der Waals surface area contributed by atoms with E-state index in [0.717, 1.165) is 12.3 Å². The zero-order valence-corrected chi connectivity index (χ0v) is 9.55. The molecule has 0 saturated carbocycles. The fraction of sp³-hybridized carbons (Fsp3) is 1.00. The average Bonchev–Trinajstić information content (AvgIpc) is 2.12. The van der Waals surface area contributed by atoms with Crippen LogP contribution in [-0.2, 0) is 0 Å². The first-order chi connectivity index (χ1) is 6.20. The molecule has 0 aliphatic heterocycles. The van der Waals surface area contributed by atoms with Crippen molar-refractivity contribution in [2.24, 2.45) is 11.8 Å². The van der Waals surface area contributed by atoms with Gasteiger partial charge in [-0.25, -0.2) is 0 Å². The van der Waals surface area contributed by atoms with E-state index in [9.17, 15) is 0 Å². The Balaban J connectivity index is 3.29. The average molecular weight is 186 g/mol. The SMILES string of the molecule is CCCCC(C)CCC(C)CCO. The molecule has 0 rings (SSSR count). The zero-order chi connectivity index (χ0) is 10.1. The molecule has 80 valence electrons. The quantitative estimate of drug-likeness (QED) is 0.614. The first-order valence-corrected chi connectivity index (χ1v) is 5.81. The third-order valence-corrected chi connectivity index (χ3v) is 2.82. The van der Waals surface area contributed by atoms with Crippen LogP contribution in [0.2, 0.25) is 0 Å². The Hall–Kier alpha value is -0.0400. The summed E-state index contributed by atoms with van der Waals surface area (Å²) in [4.78, 5) is 0. The summed E-state index contributed by atoms with van der Waals surface area (Å²) < 4.78 is 0. The summed E-state index contributed by atoms with van der Waals surface area (Å²) in [6, 6.07) is 0. The molecule has 0 heterocycles. The van der Waals surface area contributed by atoms with Crippen molar-refractivity contribution in [1.29, 1.82) is 0 Å². The number of aliphatic hydroxyl groups excluding tert-OH is 1. The highest BCUT2D eigenvalue weighted by Crippen LogP contribution is 2.18. The van der Waals surface area contributed by atoms with Gasteiger partial charge in [0.2, 0.25) is 0 Å². The van der Waals surface area contributed by atoms with Crippen LogP contribution in [0.5, 0.6) is 0 Å². The van der Waals surface area contributed by atoms with Crippen molar-refractivity contribution in [1.82, 2.24) is 0 Å². The minimum absolute atomic E-state index is 0.352. The summed E-state index contributed by atoms with van der Waals surface area (Å²) in [6.07, 6.45) is 7.65. The van der Waals surface area contributed by atoms with Crippen molar-refractivity contribution in [3.05, 3.63) is 0 Å². The van der Waals surface area contributed by atoms with Crippen molar-refractivity contribution in [3.8, 4) is 0 Å². The Kier molecular flexibility index (Phi) is 8.53. The van der Waals surface area contributed by atoms with Crippen molar-refractivity contribution in [3.63, 3.8) is 0 Å². The van der Waals surface area contributed by atoms with Gasteiger partial charge >= 0.3 is 0 Å². The molecule has 13 heavy (non-hydrogen) atoms. The Morgan fingerprint density at radius 1 is 0.923 bits per heavy atom. The maximum absolute atomic E-state index is 8.74. The summed E-state index contributed by atoms with van der Waals surface area (Å²) in [5.74, 6) is 1.58. The van der Waals surface area contributed by atoms with Crippen LogP contribution in [0.15, 0.2) is 0 Å². The molecule has 0 spiro atoms. The molecule has 0 aromatic heterocycles. The molecule has 0 fully saturated rings. The predicted molar refractivity (Wildman–Crippen MR) is 58.8 cm³/mol. The van der Waals surface area contributed by atoms with Crippen LogP contribution in [0, 0.1) is 11.8 Å². The van der Waals surface area contributed by atoms with Crippen LogP contribution in [0.1, 0.15) is 59.3 Å². The Bertz CT molecular complexity index is 101. The van der Waals surface area contributed by atoms with Gasteiger partial charge in [-0.05, 0) is 18.3 Å². The second-order valence-electron chi connectivity index (χ2n) is 4.44. The fourth-order valence-corrected chi connectivity index (χ4v) is 1.63. The minimum Gasteiger partial charge on any atom is -0.396 e. The third kappa shape index (κ3) is 8.29. The molecule has 1 heteroatoms. The maximum atomic E-state index is 8.74. The molecule has 2 unspecified atom stereocenters. The lowest BCUT2D eigenvalue weighted by molar-refractivity contribution is 0.252. The molecular weight excluding hydrogens is 160 g/mol. The van der Waals surface area contributed by atoms with Gasteiger partial charge in [-0.1, -0.05) is 52.9 Å². The maximum Gasteiger partial charge on any atom is 0.0433 e. The van der Waals surface area contributed by atoms with Gasteiger partial charge in [0.15, 0.2) is 0 Å². The summed E-state index contributed by atoms with van der Waals surface area (Å²) in [5.41, 5.74) is 0. The zero-order valence-electron chi connectivity index (χ0n) is 9.55. The lowest BCUT2D eigenvalue weighted by Crippen LogP contribution is -2.02. The van der Waals surface area contributed by atoms with E-state index in [2.05, 4.69) is 20.8 Å². The molecule has 1 N–H and O–H groups in total. The molecule has 0 radical (unpaired) electrons. The number of hydrogen-bond acceptors (Lipinski definition) is 1. The van der Waals surface area contributed by atoms with E-state index in [1.807, 2.05) is 0 Å². The smallest absolute Gasteiger partial charge is 0.0433 e. The lowest BCUT2D eigenvalue weighted by Gasteiger charge is -2.14. The second kappa shape index (κ2) is 8.55. The predicted octanol–water partition coefficient (Wildman–Crippen LogP) is 3.61. The Morgan fingerprint density at radius 3 is 1.92 bits per heavy atom. The highest BCUT2D eigenvalue weighted by molar-refractivity contribution is 4.58. The molecule has 0 amide bonds. The van der Waals surface area contributed by atoms with E-state index in [4.69, 9.17) is 5.11 Å². The monoisotopic (exact) mass is 186 g/mol. The number of rotatable bonds is 8. The van der Waals surface area contributed by atoms with E-state index >= 15 is 0 Å². The molecule has 0 aliphatic carbocycles. The Labute approximate surface area is 83.5 Å². The minimum atomic E-state index is 0.352. The van der Waals surface area contributed by atoms with Gasteiger partial charge in [0.05, 0.1) is 0 Å². The highest BCUT2D eigenvalue weighted by atomic mass is 16.3. The van der Waals surface area contributed by atoms with Crippen LogP contribution >= 0.6 is 0 Å². The van der Waals surface area contributed by atoms with Gasteiger partial charge in [-0.3, -0.25) is 0 Å². The van der Waals surface area contributed by atoms with Gasteiger partial charge in [0.1, 0.15) is 0 Å². The number of unbranched alkanes of at least 4 members (excludes halogenated alkanes) is 1. The van der Waals surface area contributed by atoms with Gasteiger partial charge in [0, 0.05) is 6.61 Å². The largest absolute Gasteiger partial charge is 0.396 e. The third-order valence-electron chi connectivity index (χ3n) is 2.82. The van der Waals surface area contributed by atoms with Crippen LogP contribution in [0.25, 0.3) is 0 Å². The molecule has 0 aromatic rings. The van der Waals surface area contributed by atoms with E-state index < -0.39 is 0 Å². The number of aliphatic hydroxyl groups is 1. The first kappa shape index (κ1) is 13.0. The van der Waals surface area contributed by atoms with Crippen molar-refractivity contribution < 1.29 is 5.11 Å². The topological polar surface area (TPSA) is 20.2 Å².